The maximum absolute atomic E-state index is 12.3. The first-order valence-electron chi connectivity index (χ1n) is 7.54. The third kappa shape index (κ3) is 3.48. The van der Waals surface area contributed by atoms with Gasteiger partial charge in [0.25, 0.3) is 5.56 Å². The summed E-state index contributed by atoms with van der Waals surface area (Å²) in [6, 6.07) is 7.93. The molecule has 2 rings (SSSR count). The molecule has 0 aliphatic heterocycles. The van der Waals surface area contributed by atoms with E-state index in [2.05, 4.69) is 5.32 Å². The van der Waals surface area contributed by atoms with Gasteiger partial charge in [-0.25, -0.2) is 0 Å². The van der Waals surface area contributed by atoms with Crippen LogP contribution in [-0.2, 0) is 7.05 Å². The number of hydrogen-bond donors (Lipinski definition) is 2. The number of para-hydroxylation sites is 1. The quantitative estimate of drug-likeness (QED) is 0.850. The summed E-state index contributed by atoms with van der Waals surface area (Å²) in [5.74, 6) is 0.558. The standard InChI is InChI=1S/C17H24N2O3/c1-11(2)18-9-13(20)10-22-16-12(3)17(21)19(4)15-8-6-5-7-14(15)16/h5-8,11,13,18,20H,9-10H2,1-4H3. The molecule has 0 fully saturated rings. The van der Waals surface area contributed by atoms with Crippen LogP contribution < -0.4 is 15.6 Å². The molecule has 2 aromatic rings. The summed E-state index contributed by atoms with van der Waals surface area (Å²) >= 11 is 0. The summed E-state index contributed by atoms with van der Waals surface area (Å²) in [6.07, 6.45) is -0.621. The Bertz CT molecular complexity index is 707. The van der Waals surface area contributed by atoms with Crippen LogP contribution >= 0.6 is 0 Å². The smallest absolute Gasteiger partial charge is 0.257 e. The Balaban J connectivity index is 2.26. The van der Waals surface area contributed by atoms with E-state index in [1.54, 1.807) is 18.5 Å². The van der Waals surface area contributed by atoms with Crippen molar-refractivity contribution in [3.8, 4) is 5.75 Å². The Morgan fingerprint density at radius 2 is 2.00 bits per heavy atom. The van der Waals surface area contributed by atoms with Gasteiger partial charge in [-0.1, -0.05) is 26.0 Å². The molecule has 1 heterocycles. The number of aryl methyl sites for hydroxylation is 1. The van der Waals surface area contributed by atoms with Crippen LogP contribution in [0.1, 0.15) is 19.4 Å². The van der Waals surface area contributed by atoms with Gasteiger partial charge < -0.3 is 19.7 Å². The first-order chi connectivity index (χ1) is 10.4. The number of nitrogens with one attached hydrogen (secondary N) is 1. The first kappa shape index (κ1) is 16.5. The average Bonchev–Trinajstić information content (AvgIpc) is 2.50. The number of rotatable bonds is 6. The molecule has 0 aliphatic rings. The molecule has 5 nitrogen and oxygen atoms in total. The van der Waals surface area contributed by atoms with Crippen molar-refractivity contribution in [3.05, 3.63) is 40.2 Å². The maximum Gasteiger partial charge on any atom is 0.257 e. The summed E-state index contributed by atoms with van der Waals surface area (Å²) < 4.78 is 7.40. The normalized spacial score (nSPS) is 12.8. The highest BCUT2D eigenvalue weighted by molar-refractivity contribution is 5.86. The monoisotopic (exact) mass is 304 g/mol. The first-order valence-corrected chi connectivity index (χ1v) is 7.54. The van der Waals surface area contributed by atoms with Gasteiger partial charge in [0, 0.05) is 25.0 Å². The van der Waals surface area contributed by atoms with Gasteiger partial charge in [-0.3, -0.25) is 4.79 Å². The summed E-state index contributed by atoms with van der Waals surface area (Å²) in [6.45, 7) is 6.40. The highest BCUT2D eigenvalue weighted by Gasteiger charge is 2.14. The molecule has 5 heteroatoms. The Morgan fingerprint density at radius 1 is 1.32 bits per heavy atom. The van der Waals surface area contributed by atoms with Gasteiger partial charge in [0.2, 0.25) is 0 Å². The van der Waals surface area contributed by atoms with Crippen molar-refractivity contribution in [1.82, 2.24) is 9.88 Å². The van der Waals surface area contributed by atoms with Crippen LogP contribution in [0.3, 0.4) is 0 Å². The maximum atomic E-state index is 12.3. The number of fused-ring (bicyclic) bond motifs is 1. The molecule has 0 spiro atoms. The lowest BCUT2D eigenvalue weighted by molar-refractivity contribution is 0.105. The second kappa shape index (κ2) is 6.94. The summed E-state index contributed by atoms with van der Waals surface area (Å²) in [5, 5.41) is 14.0. The molecule has 1 atom stereocenters. The molecular weight excluding hydrogens is 280 g/mol. The fourth-order valence-corrected chi connectivity index (χ4v) is 2.41. The highest BCUT2D eigenvalue weighted by Crippen LogP contribution is 2.26. The molecule has 1 aromatic heterocycles. The Morgan fingerprint density at radius 3 is 2.68 bits per heavy atom. The van der Waals surface area contributed by atoms with E-state index in [4.69, 9.17) is 4.74 Å². The molecule has 1 aromatic carbocycles. The zero-order valence-electron chi connectivity index (χ0n) is 13.6. The minimum absolute atomic E-state index is 0.0801. The number of hydrogen-bond acceptors (Lipinski definition) is 4. The third-order valence-electron chi connectivity index (χ3n) is 3.66. The molecule has 22 heavy (non-hydrogen) atoms. The number of ether oxygens (including phenoxy) is 1. The van der Waals surface area contributed by atoms with E-state index >= 15 is 0 Å². The van der Waals surface area contributed by atoms with Crippen LogP contribution in [-0.4, -0.2) is 35.0 Å². The van der Waals surface area contributed by atoms with E-state index < -0.39 is 6.10 Å². The molecule has 2 N–H and O–H groups in total. The fourth-order valence-electron chi connectivity index (χ4n) is 2.41. The molecule has 0 bridgehead atoms. The minimum Gasteiger partial charge on any atom is -0.490 e. The number of aromatic nitrogens is 1. The summed E-state index contributed by atoms with van der Waals surface area (Å²) in [4.78, 5) is 12.3. The van der Waals surface area contributed by atoms with Gasteiger partial charge in [-0.15, -0.1) is 0 Å². The number of nitrogens with zero attached hydrogens (tertiary/aromatic N) is 1. The number of aliphatic hydroxyl groups is 1. The minimum atomic E-state index is -0.621. The third-order valence-corrected chi connectivity index (χ3v) is 3.66. The van der Waals surface area contributed by atoms with Gasteiger partial charge in [0.05, 0.1) is 11.1 Å². The lowest BCUT2D eigenvalue weighted by Crippen LogP contribution is -2.35. The van der Waals surface area contributed by atoms with E-state index in [9.17, 15) is 9.90 Å². The largest absolute Gasteiger partial charge is 0.490 e. The van der Waals surface area contributed by atoms with Crippen molar-refractivity contribution in [3.63, 3.8) is 0 Å². The molecule has 0 aliphatic carbocycles. The van der Waals surface area contributed by atoms with Crippen molar-refractivity contribution < 1.29 is 9.84 Å². The van der Waals surface area contributed by atoms with E-state index in [1.165, 1.54) is 0 Å². The average molecular weight is 304 g/mol. The Kier molecular flexibility index (Phi) is 5.21. The van der Waals surface area contributed by atoms with Crippen molar-refractivity contribution in [2.24, 2.45) is 7.05 Å². The second-order valence-electron chi connectivity index (χ2n) is 5.86. The van der Waals surface area contributed by atoms with Crippen molar-refractivity contribution in [2.75, 3.05) is 13.2 Å². The van der Waals surface area contributed by atoms with Gasteiger partial charge in [0.1, 0.15) is 18.5 Å². The Hall–Kier alpha value is -1.85. The predicted octanol–water partition coefficient (Wildman–Crippen LogP) is 1.58. The molecule has 0 saturated heterocycles. The molecule has 120 valence electrons. The lowest BCUT2D eigenvalue weighted by atomic mass is 10.1. The zero-order chi connectivity index (χ0) is 16.3. The molecule has 1 unspecified atom stereocenters. The van der Waals surface area contributed by atoms with E-state index in [0.29, 0.717) is 23.9 Å². The highest BCUT2D eigenvalue weighted by atomic mass is 16.5. The molecule has 0 saturated carbocycles. The van der Waals surface area contributed by atoms with E-state index in [1.807, 2.05) is 38.1 Å². The van der Waals surface area contributed by atoms with E-state index in [0.717, 1.165) is 10.9 Å². The zero-order valence-corrected chi connectivity index (χ0v) is 13.6. The van der Waals surface area contributed by atoms with Crippen LogP contribution in [0.4, 0.5) is 0 Å². The molecular formula is C17H24N2O3. The molecule has 0 amide bonds. The van der Waals surface area contributed by atoms with E-state index in [-0.39, 0.29) is 12.2 Å². The van der Waals surface area contributed by atoms with Crippen LogP contribution in [0.5, 0.6) is 5.75 Å². The summed E-state index contributed by atoms with van der Waals surface area (Å²) in [5.41, 5.74) is 1.30. The van der Waals surface area contributed by atoms with Gasteiger partial charge >= 0.3 is 0 Å². The van der Waals surface area contributed by atoms with Gasteiger partial charge in [0.15, 0.2) is 0 Å². The predicted molar refractivity (Wildman–Crippen MR) is 88.6 cm³/mol. The van der Waals surface area contributed by atoms with Crippen LogP contribution in [0.25, 0.3) is 10.9 Å². The second-order valence-corrected chi connectivity index (χ2v) is 5.86. The van der Waals surface area contributed by atoms with Crippen molar-refractivity contribution in [1.29, 1.82) is 0 Å². The van der Waals surface area contributed by atoms with Gasteiger partial charge in [-0.2, -0.15) is 0 Å². The lowest BCUT2D eigenvalue weighted by Gasteiger charge is -2.18. The fraction of sp³-hybridized carbons (Fsp3) is 0.471. The van der Waals surface area contributed by atoms with Crippen LogP contribution in [0.2, 0.25) is 0 Å². The van der Waals surface area contributed by atoms with Crippen LogP contribution in [0.15, 0.2) is 29.1 Å². The molecule has 0 radical (unpaired) electrons. The van der Waals surface area contributed by atoms with Crippen molar-refractivity contribution in [2.45, 2.75) is 32.9 Å². The van der Waals surface area contributed by atoms with Gasteiger partial charge in [-0.05, 0) is 19.1 Å². The van der Waals surface area contributed by atoms with Crippen molar-refractivity contribution >= 4 is 10.9 Å². The number of aliphatic hydroxyl groups excluding tert-OH is 1. The summed E-state index contributed by atoms with van der Waals surface area (Å²) in [7, 11) is 1.75. The SMILES string of the molecule is Cc1c(OCC(O)CNC(C)C)c2ccccc2n(C)c1=O. The number of benzene rings is 1. The van der Waals surface area contributed by atoms with Crippen LogP contribution in [0, 0.1) is 6.92 Å². The Labute approximate surface area is 130 Å². The number of pyridine rings is 1. The topological polar surface area (TPSA) is 63.5 Å².